The molecule has 24 heavy (non-hydrogen) atoms. The van der Waals surface area contributed by atoms with Crippen LogP contribution in [0.3, 0.4) is 0 Å². The molecule has 0 aliphatic carbocycles. The number of aromatic nitrogens is 2. The Balaban J connectivity index is 1.47. The van der Waals surface area contributed by atoms with Gasteiger partial charge < -0.3 is 14.4 Å². The van der Waals surface area contributed by atoms with Crippen molar-refractivity contribution in [3.05, 3.63) is 46.0 Å². The molecule has 0 spiro atoms. The molecule has 1 atom stereocenters. The summed E-state index contributed by atoms with van der Waals surface area (Å²) in [5.41, 5.74) is 3.29. The third kappa shape index (κ3) is 2.92. The summed E-state index contributed by atoms with van der Waals surface area (Å²) in [5, 5.41) is 10.9. The van der Waals surface area contributed by atoms with Crippen molar-refractivity contribution in [2.45, 2.75) is 39.0 Å². The second kappa shape index (κ2) is 6.39. The summed E-state index contributed by atoms with van der Waals surface area (Å²) in [6.07, 6.45) is 3.03. The predicted molar refractivity (Wildman–Crippen MR) is 92.4 cm³/mol. The molecule has 0 radical (unpaired) electrons. The van der Waals surface area contributed by atoms with Crippen LogP contribution in [-0.2, 0) is 24.4 Å². The number of rotatable bonds is 3. The zero-order valence-corrected chi connectivity index (χ0v) is 14.6. The molecule has 0 saturated carbocycles. The zero-order chi connectivity index (χ0) is 16.7. The number of nitrogens with zero attached hydrogens (tertiary/aromatic N) is 3. The molecule has 1 unspecified atom stereocenters. The monoisotopic (exact) mass is 347 g/mol. The molecule has 0 bridgehead atoms. The molecule has 3 heterocycles. The van der Waals surface area contributed by atoms with E-state index < -0.39 is 0 Å². The van der Waals surface area contributed by atoms with E-state index in [-0.39, 0.29) is 0 Å². The van der Waals surface area contributed by atoms with E-state index in [0.29, 0.717) is 23.3 Å². The molecule has 4 rings (SSSR count). The Morgan fingerprint density at radius 1 is 1.38 bits per heavy atom. The summed E-state index contributed by atoms with van der Waals surface area (Å²) in [4.78, 5) is 6.91. The molecule has 128 valence electrons. The van der Waals surface area contributed by atoms with E-state index in [1.807, 2.05) is 19.2 Å². The predicted octanol–water partition coefficient (Wildman–Crippen LogP) is 3.07. The van der Waals surface area contributed by atoms with Gasteiger partial charge in [0.05, 0.1) is 12.3 Å². The lowest BCUT2D eigenvalue weighted by molar-refractivity contribution is 0.0798. The van der Waals surface area contributed by atoms with Gasteiger partial charge in [0.2, 0.25) is 0 Å². The number of aromatic hydroxyl groups is 1. The highest BCUT2D eigenvalue weighted by Gasteiger charge is 2.27. The van der Waals surface area contributed by atoms with Crippen molar-refractivity contribution in [2.75, 3.05) is 19.7 Å². The van der Waals surface area contributed by atoms with E-state index in [1.54, 1.807) is 6.07 Å². The molecule has 2 aromatic rings. The normalized spacial score (nSPS) is 21.2. The SMILES string of the molecule is Cc1cc(C2CCN(Cc3cnc4n3CCOC4)C2)c(O)cc1Cl. The zero-order valence-electron chi connectivity index (χ0n) is 13.8. The van der Waals surface area contributed by atoms with Crippen molar-refractivity contribution in [2.24, 2.45) is 0 Å². The number of fused-ring (bicyclic) bond motifs is 1. The minimum Gasteiger partial charge on any atom is -0.508 e. The summed E-state index contributed by atoms with van der Waals surface area (Å²) < 4.78 is 7.73. The molecule has 1 aromatic carbocycles. The number of phenolic OH excluding ortho intramolecular Hbond substituents is 1. The van der Waals surface area contributed by atoms with Gasteiger partial charge >= 0.3 is 0 Å². The van der Waals surface area contributed by atoms with Crippen molar-refractivity contribution in [1.82, 2.24) is 14.5 Å². The van der Waals surface area contributed by atoms with E-state index in [0.717, 1.165) is 56.2 Å². The molecule has 5 nitrogen and oxygen atoms in total. The minimum absolute atomic E-state index is 0.316. The second-order valence-electron chi connectivity index (χ2n) is 6.75. The maximum atomic E-state index is 10.2. The lowest BCUT2D eigenvalue weighted by Gasteiger charge is -2.21. The van der Waals surface area contributed by atoms with Gasteiger partial charge in [0, 0.05) is 36.8 Å². The van der Waals surface area contributed by atoms with Crippen LogP contribution in [0.5, 0.6) is 5.75 Å². The van der Waals surface area contributed by atoms with Crippen LogP contribution in [0.4, 0.5) is 0 Å². The van der Waals surface area contributed by atoms with Crippen LogP contribution < -0.4 is 0 Å². The van der Waals surface area contributed by atoms with Gasteiger partial charge in [-0.3, -0.25) is 4.90 Å². The first-order valence-electron chi connectivity index (χ1n) is 8.44. The fourth-order valence-electron chi connectivity index (χ4n) is 3.77. The van der Waals surface area contributed by atoms with E-state index in [1.165, 1.54) is 5.69 Å². The fourth-order valence-corrected chi connectivity index (χ4v) is 3.92. The lowest BCUT2D eigenvalue weighted by atomic mass is 9.96. The van der Waals surface area contributed by atoms with Gasteiger partial charge in [0.1, 0.15) is 18.2 Å². The Hall–Kier alpha value is -1.56. The lowest BCUT2D eigenvalue weighted by Crippen LogP contribution is -2.24. The van der Waals surface area contributed by atoms with Crippen molar-refractivity contribution < 1.29 is 9.84 Å². The number of hydrogen-bond donors (Lipinski definition) is 1. The van der Waals surface area contributed by atoms with Crippen LogP contribution in [0.1, 0.15) is 35.0 Å². The number of ether oxygens (including phenoxy) is 1. The third-order valence-corrected chi connectivity index (χ3v) is 5.52. The van der Waals surface area contributed by atoms with Gasteiger partial charge in [0.25, 0.3) is 0 Å². The topological polar surface area (TPSA) is 50.5 Å². The average molecular weight is 348 g/mol. The number of hydrogen-bond acceptors (Lipinski definition) is 4. The Bertz CT molecular complexity index is 759. The molecule has 2 aliphatic rings. The van der Waals surface area contributed by atoms with Gasteiger partial charge in [-0.25, -0.2) is 4.98 Å². The fraction of sp³-hybridized carbons (Fsp3) is 0.500. The van der Waals surface area contributed by atoms with Crippen LogP contribution in [0.15, 0.2) is 18.3 Å². The molecule has 6 heteroatoms. The maximum absolute atomic E-state index is 10.2. The first kappa shape index (κ1) is 15.9. The first-order valence-corrected chi connectivity index (χ1v) is 8.82. The van der Waals surface area contributed by atoms with E-state index in [2.05, 4.69) is 14.5 Å². The number of phenols is 1. The van der Waals surface area contributed by atoms with E-state index in [4.69, 9.17) is 16.3 Å². The summed E-state index contributed by atoms with van der Waals surface area (Å²) >= 11 is 6.09. The number of imidazole rings is 1. The highest BCUT2D eigenvalue weighted by atomic mass is 35.5. The van der Waals surface area contributed by atoms with Crippen LogP contribution in [0.25, 0.3) is 0 Å². The van der Waals surface area contributed by atoms with Crippen molar-refractivity contribution in [1.29, 1.82) is 0 Å². The molecule has 1 aromatic heterocycles. The van der Waals surface area contributed by atoms with Gasteiger partial charge in [-0.1, -0.05) is 17.7 Å². The largest absolute Gasteiger partial charge is 0.508 e. The quantitative estimate of drug-likeness (QED) is 0.927. The van der Waals surface area contributed by atoms with Gasteiger partial charge in [-0.05, 0) is 37.1 Å². The smallest absolute Gasteiger partial charge is 0.135 e. The van der Waals surface area contributed by atoms with Gasteiger partial charge in [0.15, 0.2) is 0 Å². The summed E-state index contributed by atoms with van der Waals surface area (Å²) in [5.74, 6) is 1.70. The summed E-state index contributed by atoms with van der Waals surface area (Å²) in [6, 6.07) is 3.70. The van der Waals surface area contributed by atoms with Crippen molar-refractivity contribution in [3.8, 4) is 5.75 Å². The van der Waals surface area contributed by atoms with Crippen molar-refractivity contribution in [3.63, 3.8) is 0 Å². The van der Waals surface area contributed by atoms with Crippen LogP contribution in [0.2, 0.25) is 5.02 Å². The number of halogens is 1. The van der Waals surface area contributed by atoms with Gasteiger partial charge in [-0.2, -0.15) is 0 Å². The third-order valence-electron chi connectivity index (χ3n) is 5.12. The van der Waals surface area contributed by atoms with Gasteiger partial charge in [-0.15, -0.1) is 0 Å². The van der Waals surface area contributed by atoms with Crippen molar-refractivity contribution >= 4 is 11.6 Å². The Labute approximate surface area is 146 Å². The van der Waals surface area contributed by atoms with Crippen LogP contribution in [-0.4, -0.2) is 39.3 Å². The molecule has 1 N–H and O–H groups in total. The second-order valence-corrected chi connectivity index (χ2v) is 7.16. The summed E-state index contributed by atoms with van der Waals surface area (Å²) in [7, 11) is 0. The number of likely N-dealkylation sites (tertiary alicyclic amines) is 1. The Morgan fingerprint density at radius 2 is 2.25 bits per heavy atom. The summed E-state index contributed by atoms with van der Waals surface area (Å²) in [6.45, 7) is 7.13. The molecule has 1 fully saturated rings. The van der Waals surface area contributed by atoms with E-state index in [9.17, 15) is 5.11 Å². The Kier molecular flexibility index (Phi) is 4.24. The maximum Gasteiger partial charge on any atom is 0.135 e. The molecular weight excluding hydrogens is 326 g/mol. The molecular formula is C18H22ClN3O2. The van der Waals surface area contributed by atoms with Crippen LogP contribution in [0, 0.1) is 6.92 Å². The van der Waals surface area contributed by atoms with Crippen LogP contribution >= 0.6 is 11.6 Å². The standard InChI is InChI=1S/C18H22ClN3O2/c1-12-6-15(17(23)7-16(12)19)13-2-3-21(9-13)10-14-8-20-18-11-24-5-4-22(14)18/h6-8,13,23H,2-5,9-11H2,1H3. The minimum atomic E-state index is 0.316. The number of aryl methyl sites for hydroxylation is 1. The Morgan fingerprint density at radius 3 is 3.12 bits per heavy atom. The molecule has 2 aliphatic heterocycles. The average Bonchev–Trinajstić information content (AvgIpc) is 3.19. The van der Waals surface area contributed by atoms with E-state index >= 15 is 0 Å². The highest BCUT2D eigenvalue weighted by Crippen LogP contribution is 2.36. The number of benzene rings is 1. The molecule has 0 amide bonds. The molecule has 1 saturated heterocycles. The highest BCUT2D eigenvalue weighted by molar-refractivity contribution is 6.31. The first-order chi connectivity index (χ1) is 11.6.